The summed E-state index contributed by atoms with van der Waals surface area (Å²) in [6, 6.07) is 3.27. The van der Waals surface area contributed by atoms with Gasteiger partial charge >= 0.3 is 0 Å². The van der Waals surface area contributed by atoms with Gasteiger partial charge in [0.15, 0.2) is 22.8 Å². The van der Waals surface area contributed by atoms with E-state index in [-0.39, 0.29) is 39.2 Å². The highest BCUT2D eigenvalue weighted by molar-refractivity contribution is 6.01. The van der Waals surface area contributed by atoms with Gasteiger partial charge in [0.1, 0.15) is 22.1 Å². The monoisotopic (exact) mass is 414 g/mol. The summed E-state index contributed by atoms with van der Waals surface area (Å²) >= 11 is 0. The fourth-order valence-electron chi connectivity index (χ4n) is 4.55. The molecule has 0 aliphatic carbocycles. The molecule has 2 aliphatic rings. The number of fused-ring (bicyclic) bond motifs is 6. The highest BCUT2D eigenvalue weighted by Gasteiger charge is 2.45. The number of phenols is 1. The molecular weight excluding hydrogens is 392 g/mol. The number of rotatable bonds is 3. The van der Waals surface area contributed by atoms with Crippen LogP contribution in [0.25, 0.3) is 21.9 Å². The van der Waals surface area contributed by atoms with Crippen molar-refractivity contribution >= 4 is 21.9 Å². The summed E-state index contributed by atoms with van der Waals surface area (Å²) in [4.78, 5) is 13.6. The first-order valence-corrected chi connectivity index (χ1v) is 9.73. The van der Waals surface area contributed by atoms with E-state index in [0.717, 1.165) is 6.42 Å². The molecule has 0 radical (unpaired) electrons. The lowest BCUT2D eigenvalue weighted by Gasteiger charge is -2.44. The maximum absolute atomic E-state index is 13.6. The molecule has 158 valence electrons. The minimum absolute atomic E-state index is 0.00831. The van der Waals surface area contributed by atoms with Gasteiger partial charge in [-0.3, -0.25) is 4.79 Å². The highest BCUT2D eigenvalue weighted by atomic mass is 16.7. The molecule has 0 spiro atoms. The molecule has 30 heavy (non-hydrogen) atoms. The number of ether oxygens (including phenoxy) is 5. The van der Waals surface area contributed by atoms with Crippen molar-refractivity contribution in [1.29, 1.82) is 0 Å². The van der Waals surface area contributed by atoms with Crippen molar-refractivity contribution in [2.75, 3.05) is 21.3 Å². The third kappa shape index (κ3) is 2.40. The Bertz CT molecular complexity index is 1240. The van der Waals surface area contributed by atoms with Gasteiger partial charge in [-0.2, -0.15) is 0 Å². The lowest BCUT2D eigenvalue weighted by molar-refractivity contribution is -0.243. The molecule has 1 aromatic heterocycles. The maximum Gasteiger partial charge on any atom is 0.208 e. The van der Waals surface area contributed by atoms with Gasteiger partial charge in [0.05, 0.1) is 33.0 Å². The summed E-state index contributed by atoms with van der Waals surface area (Å²) in [5.74, 6) is 0.180. The van der Waals surface area contributed by atoms with Crippen LogP contribution >= 0.6 is 0 Å². The van der Waals surface area contributed by atoms with Crippen LogP contribution in [0.4, 0.5) is 0 Å². The van der Waals surface area contributed by atoms with E-state index in [1.807, 2.05) is 6.92 Å². The second kappa shape index (κ2) is 6.43. The van der Waals surface area contributed by atoms with E-state index in [1.165, 1.54) is 21.3 Å². The normalized spacial score (nSPS) is 22.5. The van der Waals surface area contributed by atoms with Crippen LogP contribution in [0.3, 0.4) is 0 Å². The number of hydrogen-bond donors (Lipinski definition) is 1. The van der Waals surface area contributed by atoms with Crippen molar-refractivity contribution in [2.24, 2.45) is 0 Å². The van der Waals surface area contributed by atoms with Gasteiger partial charge in [0.2, 0.25) is 17.0 Å². The van der Waals surface area contributed by atoms with Crippen molar-refractivity contribution in [2.45, 2.75) is 38.1 Å². The Hall–Kier alpha value is -3.13. The number of hydrogen-bond acceptors (Lipinski definition) is 8. The fraction of sp³-hybridized carbons (Fsp3) is 0.409. The zero-order chi connectivity index (χ0) is 21.2. The summed E-state index contributed by atoms with van der Waals surface area (Å²) in [6.45, 7) is 1.86. The molecule has 2 atom stereocenters. The third-order valence-corrected chi connectivity index (χ3v) is 5.88. The number of benzene rings is 2. The first-order valence-electron chi connectivity index (χ1n) is 9.73. The predicted octanol–water partition coefficient (Wildman–Crippen LogP) is 4.03. The molecule has 2 aromatic carbocycles. The standard InChI is InChI=1S/C22H22O8/c1-22-9-5-6-11(29-22)14-17(24)15-16(23)13-10(7-8-12(25-2)18(13)26-3)28-19(15)21(27-4)20(14)30-22/h7-8,11,24H,5-6,9H2,1-4H3. The molecule has 2 bridgehead atoms. The number of phenolic OH excluding ortho intramolecular Hbond substituents is 1. The number of aromatic hydroxyl groups is 1. The average molecular weight is 414 g/mol. The van der Waals surface area contributed by atoms with Crippen LogP contribution in [0, 0.1) is 0 Å². The molecule has 8 nitrogen and oxygen atoms in total. The Morgan fingerprint density at radius 1 is 1.10 bits per heavy atom. The van der Waals surface area contributed by atoms with Gasteiger partial charge in [-0.15, -0.1) is 0 Å². The average Bonchev–Trinajstić information content (AvgIpc) is 2.72. The first-order chi connectivity index (χ1) is 14.4. The molecule has 2 aliphatic heterocycles. The molecule has 1 fully saturated rings. The molecule has 2 unspecified atom stereocenters. The summed E-state index contributed by atoms with van der Waals surface area (Å²) in [7, 11) is 4.40. The molecule has 1 saturated heterocycles. The van der Waals surface area contributed by atoms with E-state index in [9.17, 15) is 9.90 Å². The van der Waals surface area contributed by atoms with Crippen LogP contribution in [0.1, 0.15) is 37.9 Å². The van der Waals surface area contributed by atoms with E-state index < -0.39 is 17.3 Å². The Balaban J connectivity index is 1.95. The molecular formula is C22H22O8. The second-order valence-corrected chi connectivity index (χ2v) is 7.67. The summed E-state index contributed by atoms with van der Waals surface area (Å²) in [6.07, 6.45) is 1.87. The van der Waals surface area contributed by atoms with E-state index in [0.29, 0.717) is 29.9 Å². The highest BCUT2D eigenvalue weighted by Crippen LogP contribution is 2.56. The lowest BCUT2D eigenvalue weighted by Crippen LogP contribution is -2.43. The van der Waals surface area contributed by atoms with Crippen LogP contribution in [0.5, 0.6) is 28.7 Å². The van der Waals surface area contributed by atoms with Crippen LogP contribution in [0.2, 0.25) is 0 Å². The Morgan fingerprint density at radius 3 is 2.57 bits per heavy atom. The Kier molecular flexibility index (Phi) is 4.05. The quantitative estimate of drug-likeness (QED) is 0.642. The van der Waals surface area contributed by atoms with E-state index in [4.69, 9.17) is 28.1 Å². The Labute approximate surface area is 171 Å². The van der Waals surface area contributed by atoms with Gasteiger partial charge in [-0.1, -0.05) is 0 Å². The van der Waals surface area contributed by atoms with Gasteiger partial charge in [0, 0.05) is 13.3 Å². The van der Waals surface area contributed by atoms with Crippen molar-refractivity contribution in [1.82, 2.24) is 0 Å². The van der Waals surface area contributed by atoms with Gasteiger partial charge < -0.3 is 33.2 Å². The minimum atomic E-state index is -0.822. The smallest absolute Gasteiger partial charge is 0.208 e. The minimum Gasteiger partial charge on any atom is -0.506 e. The van der Waals surface area contributed by atoms with Crippen molar-refractivity contribution < 1.29 is 33.2 Å². The fourth-order valence-corrected chi connectivity index (χ4v) is 4.55. The van der Waals surface area contributed by atoms with Crippen LogP contribution in [0.15, 0.2) is 21.3 Å². The van der Waals surface area contributed by atoms with Crippen LogP contribution in [-0.2, 0) is 4.74 Å². The summed E-state index contributed by atoms with van der Waals surface area (Å²) < 4.78 is 34.6. The zero-order valence-electron chi connectivity index (χ0n) is 17.2. The van der Waals surface area contributed by atoms with Crippen molar-refractivity contribution in [3.05, 3.63) is 27.9 Å². The topological polar surface area (TPSA) is 96.6 Å². The largest absolute Gasteiger partial charge is 0.506 e. The zero-order valence-corrected chi connectivity index (χ0v) is 17.2. The summed E-state index contributed by atoms with van der Waals surface area (Å²) in [5.41, 5.74) is 0.345. The van der Waals surface area contributed by atoms with Gasteiger partial charge in [-0.05, 0) is 25.0 Å². The molecule has 1 N–H and O–H groups in total. The lowest BCUT2D eigenvalue weighted by atomic mass is 9.91. The summed E-state index contributed by atoms with van der Waals surface area (Å²) in [5, 5.41) is 11.4. The third-order valence-electron chi connectivity index (χ3n) is 5.88. The van der Waals surface area contributed by atoms with Crippen LogP contribution in [-0.4, -0.2) is 32.2 Å². The second-order valence-electron chi connectivity index (χ2n) is 7.67. The van der Waals surface area contributed by atoms with E-state index in [1.54, 1.807) is 12.1 Å². The molecule has 8 heteroatoms. The SMILES string of the molecule is COc1ccc2oc3c(OC)c4c(c(O)c3c(=O)c2c1OC)C1CCCC(C)(O4)O1. The van der Waals surface area contributed by atoms with Crippen LogP contribution < -0.4 is 24.4 Å². The predicted molar refractivity (Wildman–Crippen MR) is 108 cm³/mol. The van der Waals surface area contributed by atoms with E-state index in [2.05, 4.69) is 0 Å². The van der Waals surface area contributed by atoms with E-state index >= 15 is 0 Å². The van der Waals surface area contributed by atoms with Gasteiger partial charge in [0.25, 0.3) is 0 Å². The molecule has 3 heterocycles. The molecule has 5 rings (SSSR count). The Morgan fingerprint density at radius 2 is 1.87 bits per heavy atom. The molecule has 0 saturated carbocycles. The molecule has 3 aromatic rings. The molecule has 0 amide bonds. The maximum atomic E-state index is 13.6. The first kappa shape index (κ1) is 18.9. The van der Waals surface area contributed by atoms with Crippen molar-refractivity contribution in [3.8, 4) is 28.7 Å². The number of methoxy groups -OCH3 is 3. The van der Waals surface area contributed by atoms with Gasteiger partial charge in [-0.25, -0.2) is 0 Å². The van der Waals surface area contributed by atoms with Crippen molar-refractivity contribution in [3.63, 3.8) is 0 Å².